The molecule has 0 heterocycles. The minimum atomic E-state index is -3.41. The minimum Gasteiger partial charge on any atom is -0.212 e. The fourth-order valence-corrected chi connectivity index (χ4v) is 1.02. The van der Waals surface area contributed by atoms with E-state index in [2.05, 4.69) is 0 Å². The van der Waals surface area contributed by atoms with Crippen LogP contribution in [0.2, 0.25) is 0 Å². The zero-order chi connectivity index (χ0) is 7.49. The van der Waals surface area contributed by atoms with Crippen LogP contribution in [0.1, 0.15) is 6.92 Å². The molecule has 9 heavy (non-hydrogen) atoms. The second-order valence-electron chi connectivity index (χ2n) is 1.50. The quantitative estimate of drug-likeness (QED) is 0.619. The summed E-state index contributed by atoms with van der Waals surface area (Å²) in [5.41, 5.74) is 0. The van der Waals surface area contributed by atoms with Gasteiger partial charge < -0.3 is 0 Å². The lowest BCUT2D eigenvalue weighted by Gasteiger charge is -1.85. The summed E-state index contributed by atoms with van der Waals surface area (Å²) in [5, 5.41) is 0.430. The zero-order valence-electron chi connectivity index (χ0n) is 4.77. The van der Waals surface area contributed by atoms with Crippen LogP contribution >= 0.6 is 22.3 Å². The third-order valence-corrected chi connectivity index (χ3v) is 1.66. The summed E-state index contributed by atoms with van der Waals surface area (Å²) in [6.07, 6.45) is 1.34. The van der Waals surface area contributed by atoms with Gasteiger partial charge in [-0.05, 0) is 6.92 Å². The van der Waals surface area contributed by atoms with E-state index in [0.29, 0.717) is 5.03 Å². The molecule has 0 fully saturated rings. The lowest BCUT2D eigenvalue weighted by Crippen LogP contribution is -1.92. The van der Waals surface area contributed by atoms with Crippen molar-refractivity contribution in [3.63, 3.8) is 0 Å². The van der Waals surface area contributed by atoms with Crippen molar-refractivity contribution in [1.82, 2.24) is 0 Å². The normalized spacial score (nSPS) is 13.9. The first-order valence-corrected chi connectivity index (χ1v) is 5.02. The summed E-state index contributed by atoms with van der Waals surface area (Å²) in [6.45, 7) is 1.59. The third kappa shape index (κ3) is 8.27. The lowest BCUT2D eigenvalue weighted by atomic mass is 10.6. The fourth-order valence-electron chi connectivity index (χ4n) is 0.214. The van der Waals surface area contributed by atoms with Crippen molar-refractivity contribution in [2.24, 2.45) is 0 Å². The van der Waals surface area contributed by atoms with Crippen molar-refractivity contribution in [2.45, 2.75) is 6.92 Å². The van der Waals surface area contributed by atoms with E-state index in [1.807, 2.05) is 0 Å². The first-order chi connectivity index (χ1) is 3.92. The maximum atomic E-state index is 10.2. The third-order valence-electron chi connectivity index (χ3n) is 0.564. The molecule has 0 aliphatic carbocycles. The molecule has 2 nitrogen and oxygen atoms in total. The Labute approximate surface area is 63.9 Å². The first kappa shape index (κ1) is 9.27. The Hall–Kier alpha value is 0.270. The van der Waals surface area contributed by atoms with Gasteiger partial charge in [0.15, 0.2) is 0 Å². The maximum absolute atomic E-state index is 10.2. The van der Waals surface area contributed by atoms with Crippen molar-refractivity contribution in [3.05, 3.63) is 11.1 Å². The van der Waals surface area contributed by atoms with Crippen molar-refractivity contribution in [1.29, 1.82) is 0 Å². The Bertz CT molecular complexity index is 201. The molecule has 5 heteroatoms. The monoisotopic (exact) mass is 188 g/mol. The lowest BCUT2D eigenvalue weighted by molar-refractivity contribution is 0.612. The summed E-state index contributed by atoms with van der Waals surface area (Å²) in [5.74, 6) is -0.204. The van der Waals surface area contributed by atoms with Gasteiger partial charge in [-0.1, -0.05) is 17.7 Å². The molecule has 0 unspecified atom stereocenters. The van der Waals surface area contributed by atoms with Gasteiger partial charge in [0, 0.05) is 15.7 Å². The van der Waals surface area contributed by atoms with Crippen molar-refractivity contribution >= 4 is 31.3 Å². The Kier molecular flexibility index (Phi) is 3.54. The number of rotatable bonds is 2. The number of hydrogen-bond donors (Lipinski definition) is 0. The van der Waals surface area contributed by atoms with E-state index in [0.717, 1.165) is 0 Å². The van der Waals surface area contributed by atoms with Crippen LogP contribution in [0.3, 0.4) is 0 Å². The van der Waals surface area contributed by atoms with E-state index in [9.17, 15) is 8.42 Å². The summed E-state index contributed by atoms with van der Waals surface area (Å²) in [6, 6.07) is 0. The zero-order valence-corrected chi connectivity index (χ0v) is 7.09. The molecule has 0 aromatic rings. The average molecular weight is 189 g/mol. The van der Waals surface area contributed by atoms with Crippen LogP contribution < -0.4 is 0 Å². The van der Waals surface area contributed by atoms with E-state index >= 15 is 0 Å². The van der Waals surface area contributed by atoms with Crippen molar-refractivity contribution in [3.8, 4) is 0 Å². The molecule has 0 bridgehead atoms. The summed E-state index contributed by atoms with van der Waals surface area (Å²) in [7, 11) is 1.44. The second-order valence-corrected chi connectivity index (χ2v) is 4.91. The van der Waals surface area contributed by atoms with Gasteiger partial charge in [-0.2, -0.15) is 0 Å². The smallest absolute Gasteiger partial charge is 0.212 e. The van der Waals surface area contributed by atoms with E-state index in [-0.39, 0.29) is 5.75 Å². The van der Waals surface area contributed by atoms with Crippen LogP contribution in [0.4, 0.5) is 0 Å². The van der Waals surface area contributed by atoms with E-state index < -0.39 is 9.05 Å². The Morgan fingerprint density at radius 2 is 2.11 bits per heavy atom. The molecule has 0 spiro atoms. The van der Waals surface area contributed by atoms with Gasteiger partial charge >= 0.3 is 0 Å². The van der Waals surface area contributed by atoms with Gasteiger partial charge in [0.2, 0.25) is 9.05 Å². The van der Waals surface area contributed by atoms with Gasteiger partial charge in [-0.25, -0.2) is 8.42 Å². The molecule has 0 radical (unpaired) electrons. The van der Waals surface area contributed by atoms with Crippen LogP contribution in [0.25, 0.3) is 0 Å². The molecule has 0 aliphatic rings. The van der Waals surface area contributed by atoms with Gasteiger partial charge in [-0.15, -0.1) is 0 Å². The molecule has 0 aromatic heterocycles. The number of hydrogen-bond acceptors (Lipinski definition) is 2. The van der Waals surface area contributed by atoms with Gasteiger partial charge in [0.1, 0.15) is 0 Å². The molecular weight excluding hydrogens is 183 g/mol. The molecule has 0 amide bonds. The van der Waals surface area contributed by atoms with Crippen LogP contribution in [-0.2, 0) is 9.05 Å². The highest BCUT2D eigenvalue weighted by molar-refractivity contribution is 8.13. The van der Waals surface area contributed by atoms with E-state index in [1.54, 1.807) is 6.92 Å². The Morgan fingerprint density at radius 3 is 2.22 bits per heavy atom. The topological polar surface area (TPSA) is 34.1 Å². The average Bonchev–Trinajstić information content (AvgIpc) is 1.59. The molecule has 0 aliphatic heterocycles. The molecule has 0 saturated heterocycles. The second kappa shape index (κ2) is 3.44. The molecule has 0 N–H and O–H groups in total. The van der Waals surface area contributed by atoms with Crippen LogP contribution in [0.15, 0.2) is 11.1 Å². The van der Waals surface area contributed by atoms with Crippen LogP contribution in [0.5, 0.6) is 0 Å². The summed E-state index contributed by atoms with van der Waals surface area (Å²) in [4.78, 5) is 0. The minimum absolute atomic E-state index is 0.204. The van der Waals surface area contributed by atoms with Crippen molar-refractivity contribution < 1.29 is 8.42 Å². The number of halogens is 2. The van der Waals surface area contributed by atoms with Gasteiger partial charge in [-0.3, -0.25) is 0 Å². The predicted molar refractivity (Wildman–Crippen MR) is 39.2 cm³/mol. The maximum Gasteiger partial charge on any atom is 0.236 e. The first-order valence-electron chi connectivity index (χ1n) is 2.16. The van der Waals surface area contributed by atoms with Crippen LogP contribution in [-0.4, -0.2) is 14.2 Å². The highest BCUT2D eigenvalue weighted by Crippen LogP contribution is 2.02. The standard InChI is InChI=1S/C4H6Cl2O2S/c1-4(5)2-3-9(6,7)8/h2H,3H2,1H3. The highest BCUT2D eigenvalue weighted by Gasteiger charge is 1.99. The van der Waals surface area contributed by atoms with E-state index in [4.69, 9.17) is 22.3 Å². The molecule has 54 valence electrons. The number of allylic oxidation sites excluding steroid dienone is 1. The predicted octanol–water partition coefficient (Wildman–Crippen LogP) is 1.70. The highest BCUT2D eigenvalue weighted by atomic mass is 35.7. The molecule has 0 aromatic carbocycles. The molecule has 0 saturated carbocycles. The fraction of sp³-hybridized carbons (Fsp3) is 0.500. The largest absolute Gasteiger partial charge is 0.236 e. The van der Waals surface area contributed by atoms with E-state index in [1.165, 1.54) is 6.08 Å². The Balaban J connectivity index is 3.95. The van der Waals surface area contributed by atoms with Gasteiger partial charge in [0.05, 0.1) is 5.75 Å². The molecule has 0 atom stereocenters. The van der Waals surface area contributed by atoms with Crippen molar-refractivity contribution in [2.75, 3.05) is 5.75 Å². The summed E-state index contributed by atoms with van der Waals surface area (Å²) >= 11 is 5.32. The SMILES string of the molecule is CC(Cl)=CCS(=O)(=O)Cl. The Morgan fingerprint density at radius 1 is 1.67 bits per heavy atom. The van der Waals surface area contributed by atoms with Crippen LogP contribution in [0, 0.1) is 0 Å². The van der Waals surface area contributed by atoms with Gasteiger partial charge in [0.25, 0.3) is 0 Å². The molecular formula is C4H6Cl2O2S. The summed E-state index contributed by atoms with van der Waals surface area (Å²) < 4.78 is 20.4. The molecule has 0 rings (SSSR count).